The average Bonchev–Trinajstić information content (AvgIpc) is 3.22. The SMILES string of the molecule is CC(C)C(N)C(=O)NC(C(=O)NC(Cc1c[nH]c2ccccc12)C(=O)NC(CC(=O)O)C(=O)O)C(C)C. The molecular formula is C25H35N5O7. The van der Waals surface area contributed by atoms with Crippen molar-refractivity contribution in [2.75, 3.05) is 0 Å². The van der Waals surface area contributed by atoms with E-state index in [0.29, 0.717) is 5.56 Å². The van der Waals surface area contributed by atoms with Crippen molar-refractivity contribution in [3.8, 4) is 0 Å². The van der Waals surface area contributed by atoms with Crippen LogP contribution in [0.5, 0.6) is 0 Å². The van der Waals surface area contributed by atoms with Gasteiger partial charge in [0.1, 0.15) is 18.1 Å². The Bertz CT molecular complexity index is 1140. The van der Waals surface area contributed by atoms with Crippen LogP contribution in [0, 0.1) is 11.8 Å². The van der Waals surface area contributed by atoms with E-state index in [1.54, 1.807) is 33.9 Å². The Morgan fingerprint density at radius 3 is 2.05 bits per heavy atom. The molecule has 37 heavy (non-hydrogen) atoms. The second kappa shape index (κ2) is 12.9. The first-order valence-corrected chi connectivity index (χ1v) is 12.0. The lowest BCUT2D eigenvalue weighted by Gasteiger charge is -2.27. The zero-order chi connectivity index (χ0) is 27.9. The smallest absolute Gasteiger partial charge is 0.326 e. The lowest BCUT2D eigenvalue weighted by atomic mass is 9.99. The van der Waals surface area contributed by atoms with E-state index < -0.39 is 60.2 Å². The number of aromatic amines is 1. The lowest BCUT2D eigenvalue weighted by molar-refractivity contribution is -0.147. The Hall–Kier alpha value is -3.93. The monoisotopic (exact) mass is 517 g/mol. The van der Waals surface area contributed by atoms with Crippen LogP contribution in [0.1, 0.15) is 39.7 Å². The van der Waals surface area contributed by atoms with Crippen LogP contribution < -0.4 is 21.7 Å². The van der Waals surface area contributed by atoms with Crippen molar-refractivity contribution in [2.24, 2.45) is 17.6 Å². The molecule has 0 radical (unpaired) electrons. The largest absolute Gasteiger partial charge is 0.481 e. The minimum Gasteiger partial charge on any atom is -0.481 e. The number of benzene rings is 1. The Balaban J connectivity index is 2.33. The van der Waals surface area contributed by atoms with Crippen molar-refractivity contribution < 1.29 is 34.2 Å². The van der Waals surface area contributed by atoms with E-state index >= 15 is 0 Å². The van der Waals surface area contributed by atoms with Gasteiger partial charge in [0, 0.05) is 23.5 Å². The number of aliphatic carboxylic acids is 2. The van der Waals surface area contributed by atoms with Crippen molar-refractivity contribution in [1.29, 1.82) is 0 Å². The molecule has 12 heteroatoms. The van der Waals surface area contributed by atoms with Crippen LogP contribution in [0.2, 0.25) is 0 Å². The molecule has 4 atom stereocenters. The first kappa shape index (κ1) is 29.3. The summed E-state index contributed by atoms with van der Waals surface area (Å²) in [4.78, 5) is 64.6. The third-order valence-electron chi connectivity index (χ3n) is 5.99. The molecule has 0 aliphatic carbocycles. The molecule has 202 valence electrons. The number of hydrogen-bond donors (Lipinski definition) is 7. The summed E-state index contributed by atoms with van der Waals surface area (Å²) >= 11 is 0. The number of carboxylic acids is 2. The summed E-state index contributed by atoms with van der Waals surface area (Å²) in [6.45, 7) is 6.97. The number of fused-ring (bicyclic) bond motifs is 1. The second-order valence-electron chi connectivity index (χ2n) is 9.62. The number of carboxylic acid groups (broad SMARTS) is 2. The molecule has 0 aliphatic rings. The third kappa shape index (κ3) is 8.04. The van der Waals surface area contributed by atoms with Crippen LogP contribution in [-0.2, 0) is 30.4 Å². The molecule has 1 aromatic heterocycles. The fraction of sp³-hybridized carbons (Fsp3) is 0.480. The van der Waals surface area contributed by atoms with Crippen molar-refractivity contribution in [2.45, 2.75) is 64.7 Å². The van der Waals surface area contributed by atoms with Gasteiger partial charge in [0.25, 0.3) is 0 Å². The number of rotatable bonds is 13. The molecule has 2 aromatic rings. The summed E-state index contributed by atoms with van der Waals surface area (Å²) in [5, 5.41) is 26.6. The van der Waals surface area contributed by atoms with Crippen LogP contribution in [0.4, 0.5) is 0 Å². The summed E-state index contributed by atoms with van der Waals surface area (Å²) in [5.74, 6) is -5.52. The zero-order valence-corrected chi connectivity index (χ0v) is 21.3. The van der Waals surface area contributed by atoms with Crippen molar-refractivity contribution in [3.05, 3.63) is 36.0 Å². The van der Waals surface area contributed by atoms with E-state index in [9.17, 15) is 29.1 Å². The third-order valence-corrected chi connectivity index (χ3v) is 5.99. The topological polar surface area (TPSA) is 204 Å². The van der Waals surface area contributed by atoms with Gasteiger partial charge in [-0.3, -0.25) is 19.2 Å². The molecule has 1 aromatic carbocycles. The Morgan fingerprint density at radius 1 is 0.865 bits per heavy atom. The number of carbonyl (C=O) groups excluding carboxylic acids is 3. The lowest BCUT2D eigenvalue weighted by Crippen LogP contribution is -2.59. The molecule has 0 saturated heterocycles. The van der Waals surface area contributed by atoms with Crippen molar-refractivity contribution >= 4 is 40.6 Å². The van der Waals surface area contributed by atoms with Crippen molar-refractivity contribution in [1.82, 2.24) is 20.9 Å². The predicted molar refractivity (Wildman–Crippen MR) is 135 cm³/mol. The molecule has 12 nitrogen and oxygen atoms in total. The molecule has 4 unspecified atom stereocenters. The molecule has 8 N–H and O–H groups in total. The molecule has 3 amide bonds. The molecule has 0 aliphatic heterocycles. The number of aromatic nitrogens is 1. The van der Waals surface area contributed by atoms with Crippen LogP contribution in [0.25, 0.3) is 10.9 Å². The summed E-state index contributed by atoms with van der Waals surface area (Å²) < 4.78 is 0. The van der Waals surface area contributed by atoms with Gasteiger partial charge in [0.15, 0.2) is 0 Å². The molecule has 0 bridgehead atoms. The summed E-state index contributed by atoms with van der Waals surface area (Å²) in [6, 6.07) is 2.47. The van der Waals surface area contributed by atoms with Gasteiger partial charge >= 0.3 is 11.9 Å². The number of nitrogens with one attached hydrogen (secondary N) is 4. The maximum absolute atomic E-state index is 13.3. The summed E-state index contributed by atoms with van der Waals surface area (Å²) in [6.07, 6.45) is 0.810. The first-order chi connectivity index (χ1) is 17.3. The normalized spacial score (nSPS) is 14.6. The minimum atomic E-state index is -1.70. The van der Waals surface area contributed by atoms with Gasteiger partial charge in [-0.05, 0) is 23.5 Å². The van der Waals surface area contributed by atoms with Crippen LogP contribution in [0.3, 0.4) is 0 Å². The van der Waals surface area contributed by atoms with Crippen LogP contribution in [-0.4, -0.2) is 69.0 Å². The number of carbonyl (C=O) groups is 5. The Kier molecular flexibility index (Phi) is 10.2. The second-order valence-corrected chi connectivity index (χ2v) is 9.62. The van der Waals surface area contributed by atoms with Gasteiger partial charge in [-0.25, -0.2) is 4.79 Å². The van der Waals surface area contributed by atoms with E-state index in [2.05, 4.69) is 20.9 Å². The standard InChI is InChI=1S/C25H35N5O7/c1-12(2)20(26)23(34)30-21(13(3)4)24(35)28-17(22(33)29-18(25(36)37)10-19(31)32)9-14-11-27-16-8-6-5-7-15(14)16/h5-8,11-13,17-18,20-21,27H,9-10,26H2,1-4H3,(H,28,35)(H,29,33)(H,30,34)(H,31,32)(H,36,37). The molecule has 1 heterocycles. The molecule has 2 rings (SSSR count). The molecule has 0 spiro atoms. The fourth-order valence-electron chi connectivity index (χ4n) is 3.73. The number of hydrogen-bond acceptors (Lipinski definition) is 6. The minimum absolute atomic E-state index is 0.0226. The highest BCUT2D eigenvalue weighted by atomic mass is 16.4. The Labute approximate surface area is 214 Å². The van der Waals surface area contributed by atoms with Gasteiger partial charge in [-0.2, -0.15) is 0 Å². The highest BCUT2D eigenvalue weighted by molar-refractivity contribution is 5.95. The summed E-state index contributed by atoms with van der Waals surface area (Å²) in [5.41, 5.74) is 7.38. The quantitative estimate of drug-likeness (QED) is 0.197. The van der Waals surface area contributed by atoms with Gasteiger partial charge in [0.2, 0.25) is 17.7 Å². The molecule has 0 fully saturated rings. The number of H-pyrrole nitrogens is 1. The highest BCUT2D eigenvalue weighted by Gasteiger charge is 2.33. The maximum atomic E-state index is 13.3. The van der Waals surface area contributed by atoms with Crippen LogP contribution in [0.15, 0.2) is 30.5 Å². The number of para-hydroxylation sites is 1. The van der Waals surface area contributed by atoms with E-state index in [1.165, 1.54) is 0 Å². The van der Waals surface area contributed by atoms with E-state index in [4.69, 9.17) is 10.8 Å². The van der Waals surface area contributed by atoms with E-state index in [1.807, 2.05) is 24.3 Å². The average molecular weight is 518 g/mol. The van der Waals surface area contributed by atoms with E-state index in [0.717, 1.165) is 10.9 Å². The van der Waals surface area contributed by atoms with Gasteiger partial charge in [0.05, 0.1) is 12.5 Å². The maximum Gasteiger partial charge on any atom is 0.326 e. The first-order valence-electron chi connectivity index (χ1n) is 12.0. The van der Waals surface area contributed by atoms with E-state index in [-0.39, 0.29) is 18.3 Å². The number of nitrogens with two attached hydrogens (primary N) is 1. The molecule has 0 saturated carbocycles. The van der Waals surface area contributed by atoms with Gasteiger partial charge < -0.3 is 36.9 Å². The zero-order valence-electron chi connectivity index (χ0n) is 21.3. The van der Waals surface area contributed by atoms with Gasteiger partial charge in [-0.15, -0.1) is 0 Å². The van der Waals surface area contributed by atoms with Crippen LogP contribution >= 0.6 is 0 Å². The highest BCUT2D eigenvalue weighted by Crippen LogP contribution is 2.19. The van der Waals surface area contributed by atoms with Crippen molar-refractivity contribution in [3.63, 3.8) is 0 Å². The molecular weight excluding hydrogens is 482 g/mol. The number of amides is 3. The predicted octanol–water partition coefficient (Wildman–Crippen LogP) is 0.363. The Morgan fingerprint density at radius 2 is 1.49 bits per heavy atom. The summed E-state index contributed by atoms with van der Waals surface area (Å²) in [7, 11) is 0. The van der Waals surface area contributed by atoms with Gasteiger partial charge in [-0.1, -0.05) is 45.9 Å². The fourth-order valence-corrected chi connectivity index (χ4v) is 3.73.